The molecule has 3 N–H and O–H groups in total. The molecule has 2 aromatic carbocycles. The van der Waals surface area contributed by atoms with Crippen molar-refractivity contribution in [2.75, 3.05) is 0 Å². The lowest BCUT2D eigenvalue weighted by Gasteiger charge is -2.21. The molecule has 0 aliphatic heterocycles. The number of nitrogens with one attached hydrogen (secondary N) is 1. The number of rotatable bonds is 3. The highest BCUT2D eigenvalue weighted by atomic mass is 79.9. The highest BCUT2D eigenvalue weighted by molar-refractivity contribution is 9.10. The van der Waals surface area contributed by atoms with E-state index in [2.05, 4.69) is 21.4 Å². The van der Waals surface area contributed by atoms with Crippen LogP contribution in [0.5, 0.6) is 0 Å². The van der Waals surface area contributed by atoms with Gasteiger partial charge in [0.2, 0.25) is 0 Å². The topological polar surface area (TPSA) is 38.0 Å². The molecular weight excluding hydrogens is 326 g/mol. The first-order valence-corrected chi connectivity index (χ1v) is 6.91. The highest BCUT2D eigenvalue weighted by Gasteiger charge is 2.21. The van der Waals surface area contributed by atoms with Crippen LogP contribution in [-0.4, -0.2) is 0 Å². The smallest absolute Gasteiger partial charge is 0.173 e. The van der Waals surface area contributed by atoms with E-state index in [-0.39, 0.29) is 4.47 Å². The van der Waals surface area contributed by atoms with Crippen LogP contribution in [0.4, 0.5) is 8.78 Å². The van der Waals surface area contributed by atoms with Crippen LogP contribution < -0.4 is 11.3 Å². The normalized spacial score (nSPS) is 12.5. The molecule has 2 nitrogen and oxygen atoms in total. The molecule has 0 radical (unpaired) electrons. The van der Waals surface area contributed by atoms with Crippen LogP contribution >= 0.6 is 15.9 Å². The van der Waals surface area contributed by atoms with Crippen LogP contribution in [0.3, 0.4) is 0 Å². The monoisotopic (exact) mass is 340 g/mol. The third-order valence-corrected chi connectivity index (χ3v) is 4.09. The molecule has 0 aromatic heterocycles. The lowest BCUT2D eigenvalue weighted by atomic mass is 9.94. The van der Waals surface area contributed by atoms with Gasteiger partial charge in [0, 0.05) is 0 Å². The summed E-state index contributed by atoms with van der Waals surface area (Å²) < 4.78 is 27.0. The second-order valence-electron chi connectivity index (χ2n) is 4.72. The molecule has 1 atom stereocenters. The fraction of sp³-hybridized carbons (Fsp3) is 0.200. The van der Waals surface area contributed by atoms with Gasteiger partial charge in [-0.05, 0) is 52.5 Å². The van der Waals surface area contributed by atoms with Gasteiger partial charge in [-0.1, -0.05) is 29.8 Å². The maximum Gasteiger partial charge on any atom is 0.173 e. The Labute approximate surface area is 125 Å². The van der Waals surface area contributed by atoms with Crippen molar-refractivity contribution in [3.63, 3.8) is 0 Å². The Kier molecular flexibility index (Phi) is 4.52. The van der Waals surface area contributed by atoms with Crippen molar-refractivity contribution >= 4 is 15.9 Å². The summed E-state index contributed by atoms with van der Waals surface area (Å²) in [5.41, 5.74) is 6.25. The molecule has 0 aliphatic rings. The molecule has 0 saturated heterocycles. The summed E-state index contributed by atoms with van der Waals surface area (Å²) >= 11 is 3.10. The van der Waals surface area contributed by atoms with E-state index in [1.165, 1.54) is 6.07 Å². The van der Waals surface area contributed by atoms with Crippen molar-refractivity contribution in [3.8, 4) is 0 Å². The number of aryl methyl sites for hydroxylation is 2. The Morgan fingerprint density at radius 3 is 2.45 bits per heavy atom. The molecule has 0 fully saturated rings. The predicted octanol–water partition coefficient (Wildman–Crippen LogP) is 3.90. The molecule has 0 saturated carbocycles. The molecule has 106 valence electrons. The molecule has 0 amide bonds. The molecule has 2 aromatic rings. The van der Waals surface area contributed by atoms with Crippen LogP contribution in [0.2, 0.25) is 0 Å². The minimum atomic E-state index is -0.909. The van der Waals surface area contributed by atoms with E-state index in [0.717, 1.165) is 22.8 Å². The van der Waals surface area contributed by atoms with E-state index in [1.807, 2.05) is 32.0 Å². The van der Waals surface area contributed by atoms with Crippen molar-refractivity contribution in [2.24, 2.45) is 5.84 Å². The molecule has 0 heterocycles. The third-order valence-electron chi connectivity index (χ3n) is 3.29. The van der Waals surface area contributed by atoms with Crippen LogP contribution in [0.15, 0.2) is 34.8 Å². The lowest BCUT2D eigenvalue weighted by molar-refractivity contribution is 0.498. The molecular formula is C15H15BrF2N2. The Hall–Kier alpha value is -1.30. The van der Waals surface area contributed by atoms with Crippen LogP contribution in [0, 0.1) is 25.5 Å². The number of nitrogens with two attached hydrogens (primary N) is 1. The summed E-state index contributed by atoms with van der Waals surface area (Å²) in [5.74, 6) is 3.83. The first-order valence-electron chi connectivity index (χ1n) is 6.12. The van der Waals surface area contributed by atoms with Gasteiger partial charge in [-0.15, -0.1) is 0 Å². The summed E-state index contributed by atoms with van der Waals surface area (Å²) in [6.07, 6.45) is 0. The summed E-state index contributed by atoms with van der Waals surface area (Å²) in [6, 6.07) is 8.15. The zero-order chi connectivity index (χ0) is 14.9. The maximum absolute atomic E-state index is 13.7. The molecule has 5 heteroatoms. The number of hydrogen-bond donors (Lipinski definition) is 2. The van der Waals surface area contributed by atoms with Gasteiger partial charge in [0.15, 0.2) is 11.6 Å². The minimum Gasteiger partial charge on any atom is -0.271 e. The van der Waals surface area contributed by atoms with E-state index in [1.54, 1.807) is 0 Å². The number of benzene rings is 2. The quantitative estimate of drug-likeness (QED) is 0.505. The number of hydrogen-bond acceptors (Lipinski definition) is 2. The number of halogens is 3. The van der Waals surface area contributed by atoms with E-state index in [9.17, 15) is 8.78 Å². The van der Waals surface area contributed by atoms with Gasteiger partial charge in [0.05, 0.1) is 10.5 Å². The summed E-state index contributed by atoms with van der Waals surface area (Å²) in [7, 11) is 0. The van der Waals surface area contributed by atoms with Crippen molar-refractivity contribution in [1.29, 1.82) is 0 Å². The van der Waals surface area contributed by atoms with Gasteiger partial charge in [-0.2, -0.15) is 0 Å². The van der Waals surface area contributed by atoms with E-state index < -0.39 is 17.7 Å². The van der Waals surface area contributed by atoms with E-state index >= 15 is 0 Å². The largest absolute Gasteiger partial charge is 0.271 e. The zero-order valence-electron chi connectivity index (χ0n) is 11.2. The van der Waals surface area contributed by atoms with Crippen LogP contribution in [0.1, 0.15) is 28.3 Å². The fourth-order valence-corrected chi connectivity index (χ4v) is 2.73. The molecule has 0 aliphatic carbocycles. The summed E-state index contributed by atoms with van der Waals surface area (Å²) in [5, 5.41) is 0. The third kappa shape index (κ3) is 2.75. The summed E-state index contributed by atoms with van der Waals surface area (Å²) in [4.78, 5) is 0. The van der Waals surface area contributed by atoms with Gasteiger partial charge in [-0.25, -0.2) is 14.2 Å². The van der Waals surface area contributed by atoms with Crippen molar-refractivity contribution in [2.45, 2.75) is 19.9 Å². The predicted molar refractivity (Wildman–Crippen MR) is 79.1 cm³/mol. The average molecular weight is 341 g/mol. The first-order chi connectivity index (χ1) is 9.45. The average Bonchev–Trinajstić information content (AvgIpc) is 2.43. The lowest BCUT2D eigenvalue weighted by Crippen LogP contribution is -2.30. The first kappa shape index (κ1) is 15.1. The second kappa shape index (κ2) is 5.99. The number of hydrazine groups is 1. The van der Waals surface area contributed by atoms with Crippen LogP contribution in [-0.2, 0) is 0 Å². The fourth-order valence-electron chi connectivity index (χ4n) is 2.18. The van der Waals surface area contributed by atoms with E-state index in [4.69, 9.17) is 5.84 Å². The molecule has 0 spiro atoms. The molecule has 20 heavy (non-hydrogen) atoms. The zero-order valence-corrected chi connectivity index (χ0v) is 12.8. The molecule has 0 bridgehead atoms. The minimum absolute atomic E-state index is 0.0846. The van der Waals surface area contributed by atoms with Crippen molar-refractivity contribution < 1.29 is 8.78 Å². The van der Waals surface area contributed by atoms with Gasteiger partial charge in [0.25, 0.3) is 0 Å². The Bertz CT molecular complexity index is 644. The van der Waals surface area contributed by atoms with Gasteiger partial charge in [0.1, 0.15) is 0 Å². The van der Waals surface area contributed by atoms with Crippen molar-refractivity contribution in [3.05, 3.63) is 68.7 Å². The Morgan fingerprint density at radius 1 is 1.10 bits per heavy atom. The molecule has 1 unspecified atom stereocenters. The van der Waals surface area contributed by atoms with Crippen molar-refractivity contribution in [1.82, 2.24) is 5.43 Å². The molecule has 2 rings (SSSR count). The second-order valence-corrected chi connectivity index (χ2v) is 5.52. The summed E-state index contributed by atoms with van der Waals surface area (Å²) in [6.45, 7) is 3.92. The van der Waals surface area contributed by atoms with E-state index in [0.29, 0.717) is 5.56 Å². The maximum atomic E-state index is 13.7. The highest BCUT2D eigenvalue weighted by Crippen LogP contribution is 2.32. The van der Waals surface area contributed by atoms with Gasteiger partial charge in [-0.3, -0.25) is 5.84 Å². The Balaban J connectivity index is 2.58. The Morgan fingerprint density at radius 2 is 1.80 bits per heavy atom. The van der Waals surface area contributed by atoms with Gasteiger partial charge >= 0.3 is 0 Å². The standard InChI is InChI=1S/C15H15BrF2N2/c1-8-3-4-9(2)11(7-8)15(20-19)10-5-6-12(17)14(18)13(10)16/h3-7,15,20H,19H2,1-2H3. The SMILES string of the molecule is Cc1ccc(C)c(C(NN)c2ccc(F)c(F)c2Br)c1. The van der Waals surface area contributed by atoms with Crippen LogP contribution in [0.25, 0.3) is 0 Å². The van der Waals surface area contributed by atoms with Gasteiger partial charge < -0.3 is 0 Å².